The fourth-order valence-corrected chi connectivity index (χ4v) is 1.76. The molecule has 0 aliphatic carbocycles. The van der Waals surface area contributed by atoms with Crippen LogP contribution >= 0.6 is 0 Å². The second-order valence-electron chi connectivity index (χ2n) is 4.40. The van der Waals surface area contributed by atoms with Gasteiger partial charge in [0.25, 0.3) is 0 Å². The van der Waals surface area contributed by atoms with Gasteiger partial charge in [-0.05, 0) is 19.1 Å². The highest BCUT2D eigenvalue weighted by atomic mass is 16.5. The molecule has 0 saturated carbocycles. The number of anilines is 1. The minimum Gasteiger partial charge on any atom is -0.497 e. The quantitative estimate of drug-likeness (QED) is 0.663. The molecule has 1 amide bonds. The molecule has 0 fully saturated rings. The average molecular weight is 282 g/mol. The number of nitrogens with one attached hydrogen (secondary N) is 2. The van der Waals surface area contributed by atoms with Crippen LogP contribution in [0.2, 0.25) is 0 Å². The monoisotopic (exact) mass is 282 g/mol. The van der Waals surface area contributed by atoms with Crippen molar-refractivity contribution in [3.8, 4) is 11.5 Å². The average Bonchev–Trinajstić information content (AvgIpc) is 2.45. The van der Waals surface area contributed by atoms with Crippen LogP contribution in [-0.2, 0) is 4.79 Å². The van der Waals surface area contributed by atoms with Crippen molar-refractivity contribution < 1.29 is 19.4 Å². The summed E-state index contributed by atoms with van der Waals surface area (Å²) in [6.45, 7) is 2.42. The molecule has 0 bridgehead atoms. The molecule has 1 aromatic rings. The van der Waals surface area contributed by atoms with E-state index in [1.807, 2.05) is 6.92 Å². The van der Waals surface area contributed by atoms with Crippen LogP contribution < -0.4 is 20.1 Å². The van der Waals surface area contributed by atoms with E-state index in [1.54, 1.807) is 25.3 Å². The van der Waals surface area contributed by atoms with Gasteiger partial charge in [-0.25, -0.2) is 0 Å². The maximum atomic E-state index is 11.9. The van der Waals surface area contributed by atoms with Crippen LogP contribution in [0, 0.1) is 0 Å². The molecule has 1 aromatic carbocycles. The lowest BCUT2D eigenvalue weighted by atomic mass is 10.2. The minimum absolute atomic E-state index is 0.00797. The molecule has 6 heteroatoms. The highest BCUT2D eigenvalue weighted by Gasteiger charge is 2.11. The standard InChI is InChI=1S/C14H22N2O4/c1-10(15-6-7-17)8-14(18)16-12-5-4-11(19-2)9-13(12)20-3/h4-5,9-10,15,17H,6-8H2,1-3H3,(H,16,18). The fourth-order valence-electron chi connectivity index (χ4n) is 1.76. The molecule has 0 spiro atoms. The first-order valence-corrected chi connectivity index (χ1v) is 6.46. The van der Waals surface area contributed by atoms with E-state index in [0.717, 1.165) is 0 Å². The number of hydrogen-bond donors (Lipinski definition) is 3. The van der Waals surface area contributed by atoms with Crippen molar-refractivity contribution >= 4 is 11.6 Å². The van der Waals surface area contributed by atoms with Gasteiger partial charge in [-0.1, -0.05) is 0 Å². The van der Waals surface area contributed by atoms with Gasteiger partial charge in [-0.2, -0.15) is 0 Å². The largest absolute Gasteiger partial charge is 0.497 e. The lowest BCUT2D eigenvalue weighted by Gasteiger charge is -2.14. The molecule has 1 atom stereocenters. The first kappa shape index (κ1) is 16.3. The van der Waals surface area contributed by atoms with Crippen LogP contribution in [0.1, 0.15) is 13.3 Å². The van der Waals surface area contributed by atoms with Gasteiger partial charge in [0, 0.05) is 25.1 Å². The molecule has 0 aromatic heterocycles. The molecule has 0 heterocycles. The first-order chi connectivity index (χ1) is 9.60. The Kier molecular flexibility index (Phi) is 6.83. The van der Waals surface area contributed by atoms with Gasteiger partial charge in [-0.3, -0.25) is 4.79 Å². The number of benzene rings is 1. The van der Waals surface area contributed by atoms with E-state index >= 15 is 0 Å². The third-order valence-electron chi connectivity index (χ3n) is 2.78. The molecule has 6 nitrogen and oxygen atoms in total. The number of methoxy groups -OCH3 is 2. The zero-order chi connectivity index (χ0) is 15.0. The van der Waals surface area contributed by atoms with Crippen LogP contribution in [0.5, 0.6) is 11.5 Å². The normalized spacial score (nSPS) is 11.8. The summed E-state index contributed by atoms with van der Waals surface area (Å²) in [4.78, 5) is 11.9. The van der Waals surface area contributed by atoms with E-state index in [1.165, 1.54) is 7.11 Å². The Hall–Kier alpha value is -1.79. The third-order valence-corrected chi connectivity index (χ3v) is 2.78. The molecule has 0 aliphatic heterocycles. The molecule has 1 rings (SSSR count). The van der Waals surface area contributed by atoms with Crippen molar-refractivity contribution in [2.24, 2.45) is 0 Å². The van der Waals surface area contributed by atoms with Crippen LogP contribution in [0.15, 0.2) is 18.2 Å². The Morgan fingerprint density at radius 2 is 2.10 bits per heavy atom. The number of carbonyl (C=O) groups is 1. The van der Waals surface area contributed by atoms with Crippen LogP contribution in [0.4, 0.5) is 5.69 Å². The number of amides is 1. The van der Waals surface area contributed by atoms with Gasteiger partial charge < -0.3 is 25.2 Å². The maximum absolute atomic E-state index is 11.9. The van der Waals surface area contributed by atoms with Gasteiger partial charge >= 0.3 is 0 Å². The Morgan fingerprint density at radius 3 is 2.70 bits per heavy atom. The SMILES string of the molecule is COc1ccc(NC(=O)CC(C)NCCO)c(OC)c1. The van der Waals surface area contributed by atoms with Gasteiger partial charge in [0.05, 0.1) is 26.5 Å². The summed E-state index contributed by atoms with van der Waals surface area (Å²) in [6, 6.07) is 5.20. The predicted octanol–water partition coefficient (Wildman–Crippen LogP) is 1.00. The number of aliphatic hydroxyl groups is 1. The Morgan fingerprint density at radius 1 is 1.35 bits per heavy atom. The number of hydrogen-bond acceptors (Lipinski definition) is 5. The van der Waals surface area contributed by atoms with Crippen molar-refractivity contribution in [2.45, 2.75) is 19.4 Å². The second-order valence-corrected chi connectivity index (χ2v) is 4.40. The Labute approximate surface area is 119 Å². The van der Waals surface area contributed by atoms with E-state index < -0.39 is 0 Å². The molecule has 20 heavy (non-hydrogen) atoms. The van der Waals surface area contributed by atoms with E-state index in [-0.39, 0.29) is 18.6 Å². The number of rotatable bonds is 8. The lowest BCUT2D eigenvalue weighted by molar-refractivity contribution is -0.116. The number of aliphatic hydroxyl groups excluding tert-OH is 1. The summed E-state index contributed by atoms with van der Waals surface area (Å²) >= 11 is 0. The van der Waals surface area contributed by atoms with Crippen LogP contribution in [0.25, 0.3) is 0 Å². The predicted molar refractivity (Wildman–Crippen MR) is 77.3 cm³/mol. The van der Waals surface area contributed by atoms with E-state index in [2.05, 4.69) is 10.6 Å². The molecule has 3 N–H and O–H groups in total. The van der Waals surface area contributed by atoms with Crippen molar-refractivity contribution in [1.82, 2.24) is 5.32 Å². The molecular formula is C14H22N2O4. The molecule has 1 unspecified atom stereocenters. The Bertz CT molecular complexity index is 437. The van der Waals surface area contributed by atoms with Crippen molar-refractivity contribution in [3.05, 3.63) is 18.2 Å². The molecule has 0 saturated heterocycles. The zero-order valence-corrected chi connectivity index (χ0v) is 12.1. The summed E-state index contributed by atoms with van der Waals surface area (Å²) in [7, 11) is 3.11. The van der Waals surface area contributed by atoms with E-state index in [4.69, 9.17) is 14.6 Å². The molecule has 0 aliphatic rings. The summed E-state index contributed by atoms with van der Waals surface area (Å²) in [6.07, 6.45) is 0.315. The highest BCUT2D eigenvalue weighted by Crippen LogP contribution is 2.29. The maximum Gasteiger partial charge on any atom is 0.226 e. The second kappa shape index (κ2) is 8.39. The summed E-state index contributed by atoms with van der Waals surface area (Å²) in [5.41, 5.74) is 0.604. The van der Waals surface area contributed by atoms with Gasteiger partial charge in [0.2, 0.25) is 5.91 Å². The third kappa shape index (κ3) is 5.07. The van der Waals surface area contributed by atoms with Crippen molar-refractivity contribution in [2.75, 3.05) is 32.7 Å². The number of ether oxygens (including phenoxy) is 2. The van der Waals surface area contributed by atoms with Gasteiger partial charge in [-0.15, -0.1) is 0 Å². The van der Waals surface area contributed by atoms with Crippen LogP contribution in [-0.4, -0.2) is 44.4 Å². The Balaban J connectivity index is 2.61. The topological polar surface area (TPSA) is 79.8 Å². The van der Waals surface area contributed by atoms with Crippen molar-refractivity contribution in [1.29, 1.82) is 0 Å². The van der Waals surface area contributed by atoms with E-state index in [0.29, 0.717) is 30.2 Å². The summed E-state index contributed by atoms with van der Waals surface area (Å²) in [5.74, 6) is 1.10. The number of carbonyl (C=O) groups excluding carboxylic acids is 1. The smallest absolute Gasteiger partial charge is 0.226 e. The van der Waals surface area contributed by atoms with Gasteiger partial charge in [0.15, 0.2) is 0 Å². The first-order valence-electron chi connectivity index (χ1n) is 6.46. The molecule has 0 radical (unpaired) electrons. The molecule has 112 valence electrons. The lowest BCUT2D eigenvalue weighted by Crippen LogP contribution is -2.32. The minimum atomic E-state index is -0.119. The zero-order valence-electron chi connectivity index (χ0n) is 12.1. The summed E-state index contributed by atoms with van der Waals surface area (Å²) < 4.78 is 10.3. The fraction of sp³-hybridized carbons (Fsp3) is 0.500. The van der Waals surface area contributed by atoms with Crippen molar-refractivity contribution in [3.63, 3.8) is 0 Å². The summed E-state index contributed by atoms with van der Waals surface area (Å²) in [5, 5.41) is 14.5. The van der Waals surface area contributed by atoms with E-state index in [9.17, 15) is 4.79 Å². The van der Waals surface area contributed by atoms with Gasteiger partial charge in [0.1, 0.15) is 11.5 Å². The highest BCUT2D eigenvalue weighted by molar-refractivity contribution is 5.92. The van der Waals surface area contributed by atoms with Crippen LogP contribution in [0.3, 0.4) is 0 Å². The molecular weight excluding hydrogens is 260 g/mol.